The van der Waals surface area contributed by atoms with E-state index < -0.39 is 10.2 Å². The second-order valence-electron chi connectivity index (χ2n) is 5.92. The summed E-state index contributed by atoms with van der Waals surface area (Å²) < 4.78 is 28.4. The lowest BCUT2D eigenvalue weighted by Crippen LogP contribution is -2.41. The van der Waals surface area contributed by atoms with Gasteiger partial charge in [-0.15, -0.1) is 0 Å². The van der Waals surface area contributed by atoms with Crippen molar-refractivity contribution in [2.45, 2.75) is 57.5 Å². The van der Waals surface area contributed by atoms with Gasteiger partial charge in [-0.1, -0.05) is 13.3 Å². The van der Waals surface area contributed by atoms with Crippen molar-refractivity contribution in [3.8, 4) is 0 Å². The summed E-state index contributed by atoms with van der Waals surface area (Å²) in [5, 5.41) is 3.40. The molecule has 0 amide bonds. The zero-order valence-electron chi connectivity index (χ0n) is 12.1. The quantitative estimate of drug-likeness (QED) is 0.592. The van der Waals surface area contributed by atoms with Crippen LogP contribution in [0.15, 0.2) is 0 Å². The minimum Gasteiger partial charge on any atom is -0.314 e. The average molecular weight is 289 g/mol. The Morgan fingerprint density at radius 2 is 2.05 bits per heavy atom. The normalized spacial score (nSPS) is 26.9. The van der Waals surface area contributed by atoms with Gasteiger partial charge in [-0.2, -0.15) is 17.4 Å². The van der Waals surface area contributed by atoms with E-state index in [2.05, 4.69) is 17.0 Å². The second-order valence-corrected chi connectivity index (χ2v) is 7.73. The van der Waals surface area contributed by atoms with Gasteiger partial charge in [0.15, 0.2) is 0 Å². The lowest BCUT2D eigenvalue weighted by Gasteiger charge is -2.17. The molecule has 0 bridgehead atoms. The van der Waals surface area contributed by atoms with E-state index in [1.807, 2.05) is 0 Å². The van der Waals surface area contributed by atoms with Crippen LogP contribution < -0.4 is 10.0 Å². The van der Waals surface area contributed by atoms with Crippen molar-refractivity contribution < 1.29 is 8.42 Å². The monoisotopic (exact) mass is 289 g/mol. The van der Waals surface area contributed by atoms with E-state index in [1.165, 1.54) is 17.1 Å². The Labute approximate surface area is 117 Å². The van der Waals surface area contributed by atoms with Gasteiger partial charge in [0, 0.05) is 25.7 Å². The van der Waals surface area contributed by atoms with Crippen LogP contribution in [0.1, 0.15) is 45.4 Å². The molecule has 6 heteroatoms. The molecule has 2 rings (SSSR count). The third-order valence-electron chi connectivity index (χ3n) is 3.95. The first-order valence-corrected chi connectivity index (χ1v) is 8.94. The molecule has 0 radical (unpaired) electrons. The predicted molar refractivity (Wildman–Crippen MR) is 77.1 cm³/mol. The molecule has 2 unspecified atom stereocenters. The van der Waals surface area contributed by atoms with Crippen LogP contribution >= 0.6 is 0 Å². The summed E-state index contributed by atoms with van der Waals surface area (Å²) in [4.78, 5) is 0. The van der Waals surface area contributed by atoms with E-state index in [0.717, 1.165) is 32.2 Å². The first-order valence-electron chi connectivity index (χ1n) is 7.50. The van der Waals surface area contributed by atoms with Gasteiger partial charge in [0.25, 0.3) is 10.2 Å². The van der Waals surface area contributed by atoms with Gasteiger partial charge in [0.1, 0.15) is 0 Å². The van der Waals surface area contributed by atoms with E-state index in [1.54, 1.807) is 7.05 Å². The maximum absolute atomic E-state index is 12.1. The molecule has 0 aromatic carbocycles. The number of nitrogens with zero attached hydrogens (tertiary/aromatic N) is 1. The Morgan fingerprint density at radius 1 is 1.32 bits per heavy atom. The number of nitrogens with one attached hydrogen (secondary N) is 2. The van der Waals surface area contributed by atoms with Crippen molar-refractivity contribution in [3.05, 3.63) is 0 Å². The molecule has 2 aliphatic rings. The largest absolute Gasteiger partial charge is 0.314 e. The molecule has 2 N–H and O–H groups in total. The van der Waals surface area contributed by atoms with E-state index in [0.29, 0.717) is 18.5 Å². The highest BCUT2D eigenvalue weighted by molar-refractivity contribution is 7.87. The molecule has 0 spiro atoms. The van der Waals surface area contributed by atoms with Crippen molar-refractivity contribution >= 4 is 10.2 Å². The van der Waals surface area contributed by atoms with Crippen molar-refractivity contribution in [3.63, 3.8) is 0 Å². The molecule has 2 saturated carbocycles. The predicted octanol–water partition coefficient (Wildman–Crippen LogP) is 1.08. The average Bonchev–Trinajstić information content (AvgIpc) is 3.23. The Bertz CT molecular complexity index is 381. The molecule has 112 valence electrons. The summed E-state index contributed by atoms with van der Waals surface area (Å²) in [6, 6.07) is 0.873. The lowest BCUT2D eigenvalue weighted by molar-refractivity contribution is 0.442. The lowest BCUT2D eigenvalue weighted by atomic mass is 10.2. The molecule has 0 aromatic heterocycles. The minimum atomic E-state index is -3.28. The summed E-state index contributed by atoms with van der Waals surface area (Å²) in [6.45, 7) is 3.63. The zero-order chi connectivity index (χ0) is 13.9. The summed E-state index contributed by atoms with van der Waals surface area (Å²) in [6.07, 6.45) is 6.68. The molecular weight excluding hydrogens is 262 g/mol. The number of hydrogen-bond donors (Lipinski definition) is 2. The molecule has 2 fully saturated rings. The topological polar surface area (TPSA) is 61.4 Å². The first-order chi connectivity index (χ1) is 9.03. The van der Waals surface area contributed by atoms with Crippen molar-refractivity contribution in [1.29, 1.82) is 0 Å². The summed E-state index contributed by atoms with van der Waals surface area (Å²) in [7, 11) is -1.61. The van der Waals surface area contributed by atoms with Gasteiger partial charge in [0.2, 0.25) is 0 Å². The maximum Gasteiger partial charge on any atom is 0.279 e. The van der Waals surface area contributed by atoms with Crippen molar-refractivity contribution in [2.75, 3.05) is 20.1 Å². The summed E-state index contributed by atoms with van der Waals surface area (Å²) in [5.74, 6) is 0.560. The molecule has 19 heavy (non-hydrogen) atoms. The highest BCUT2D eigenvalue weighted by atomic mass is 32.2. The molecule has 0 aromatic rings. The van der Waals surface area contributed by atoms with Crippen LogP contribution in [0.4, 0.5) is 0 Å². The Hall–Kier alpha value is -0.170. The molecule has 2 aliphatic carbocycles. The highest BCUT2D eigenvalue weighted by Gasteiger charge is 2.39. The van der Waals surface area contributed by atoms with Gasteiger partial charge < -0.3 is 5.32 Å². The van der Waals surface area contributed by atoms with Crippen molar-refractivity contribution in [1.82, 2.24) is 14.3 Å². The standard InChI is InChI=1S/C13H27N3O2S/c1-3-5-11-10-13(11)15-19(17,18)16(2)9-4-8-14-12-6-7-12/h11-15H,3-10H2,1-2H3. The fraction of sp³-hybridized carbons (Fsp3) is 1.00. The molecule has 0 saturated heterocycles. The van der Waals surface area contributed by atoms with E-state index in [9.17, 15) is 8.42 Å². The number of rotatable bonds is 10. The van der Waals surface area contributed by atoms with E-state index in [4.69, 9.17) is 0 Å². The fourth-order valence-electron chi connectivity index (χ4n) is 2.38. The zero-order valence-corrected chi connectivity index (χ0v) is 12.9. The number of hydrogen-bond acceptors (Lipinski definition) is 3. The second kappa shape index (κ2) is 6.52. The first kappa shape index (κ1) is 15.2. The van der Waals surface area contributed by atoms with Gasteiger partial charge in [-0.25, -0.2) is 0 Å². The SMILES string of the molecule is CCCC1CC1NS(=O)(=O)N(C)CCCNC1CC1. The highest BCUT2D eigenvalue weighted by Crippen LogP contribution is 2.35. The minimum absolute atomic E-state index is 0.178. The maximum atomic E-state index is 12.1. The fourth-order valence-corrected chi connectivity index (χ4v) is 3.60. The van der Waals surface area contributed by atoms with Crippen LogP contribution in [0, 0.1) is 5.92 Å². The Morgan fingerprint density at radius 3 is 2.68 bits per heavy atom. The molecule has 5 nitrogen and oxygen atoms in total. The van der Waals surface area contributed by atoms with Gasteiger partial charge in [-0.3, -0.25) is 0 Å². The smallest absolute Gasteiger partial charge is 0.279 e. The third kappa shape index (κ3) is 5.02. The van der Waals surface area contributed by atoms with Crippen LogP contribution in [0.2, 0.25) is 0 Å². The molecular formula is C13H27N3O2S. The molecule has 2 atom stereocenters. The van der Waals surface area contributed by atoms with Crippen LogP contribution in [-0.2, 0) is 10.2 Å². The Kier molecular flexibility index (Phi) is 5.22. The third-order valence-corrected chi connectivity index (χ3v) is 5.56. The van der Waals surface area contributed by atoms with E-state index in [-0.39, 0.29) is 6.04 Å². The summed E-state index contributed by atoms with van der Waals surface area (Å²) in [5.41, 5.74) is 0. The summed E-state index contributed by atoms with van der Waals surface area (Å²) >= 11 is 0. The van der Waals surface area contributed by atoms with Crippen LogP contribution in [-0.4, -0.2) is 44.9 Å². The van der Waals surface area contributed by atoms with Gasteiger partial charge in [-0.05, 0) is 44.6 Å². The van der Waals surface area contributed by atoms with Gasteiger partial charge >= 0.3 is 0 Å². The van der Waals surface area contributed by atoms with Crippen molar-refractivity contribution in [2.24, 2.45) is 5.92 Å². The van der Waals surface area contributed by atoms with Crippen LogP contribution in [0.3, 0.4) is 0 Å². The van der Waals surface area contributed by atoms with Gasteiger partial charge in [0.05, 0.1) is 0 Å². The van der Waals surface area contributed by atoms with Crippen LogP contribution in [0.25, 0.3) is 0 Å². The molecule has 0 heterocycles. The van der Waals surface area contributed by atoms with Crippen LogP contribution in [0.5, 0.6) is 0 Å². The van der Waals surface area contributed by atoms with E-state index >= 15 is 0 Å². The Balaban J connectivity index is 1.63. The molecule has 0 aliphatic heterocycles.